The molecule has 5 heteroatoms. The summed E-state index contributed by atoms with van der Waals surface area (Å²) in [4.78, 5) is 0. The molecule has 2 rings (SSSR count). The van der Waals surface area contributed by atoms with Gasteiger partial charge in [0.25, 0.3) is 0 Å². The quantitative estimate of drug-likeness (QED) is 0.840. The number of aliphatic hydroxyl groups is 1. The minimum absolute atomic E-state index is 0.374. The molecule has 19 heavy (non-hydrogen) atoms. The maximum Gasteiger partial charge on any atom is 0.146 e. The van der Waals surface area contributed by atoms with Crippen LogP contribution in [0, 0.1) is 5.82 Å². The summed E-state index contributed by atoms with van der Waals surface area (Å²) >= 11 is 9.35. The summed E-state index contributed by atoms with van der Waals surface area (Å²) in [5, 5.41) is 10.1. The third-order valence-corrected chi connectivity index (χ3v) is 3.32. The van der Waals surface area contributed by atoms with Crippen molar-refractivity contribution in [1.29, 1.82) is 0 Å². The number of aliphatic hydroxyl groups excluding tert-OH is 1. The van der Waals surface area contributed by atoms with Crippen LogP contribution in [-0.2, 0) is 0 Å². The van der Waals surface area contributed by atoms with Gasteiger partial charge in [-0.25, -0.2) is 4.39 Å². The first-order valence-corrected chi connectivity index (χ1v) is 6.75. The van der Waals surface area contributed by atoms with E-state index >= 15 is 0 Å². The van der Waals surface area contributed by atoms with Crippen LogP contribution in [0.2, 0.25) is 5.02 Å². The van der Waals surface area contributed by atoms with Crippen molar-refractivity contribution in [1.82, 2.24) is 0 Å². The Labute approximate surface area is 123 Å². The normalized spacial score (nSPS) is 12.3. The lowest BCUT2D eigenvalue weighted by Crippen LogP contribution is -1.97. The van der Waals surface area contributed by atoms with Crippen LogP contribution in [0.4, 0.5) is 4.39 Å². The zero-order valence-electron chi connectivity index (χ0n) is 10.0. The Kier molecular flexibility index (Phi) is 4.45. The van der Waals surface area contributed by atoms with E-state index in [1.165, 1.54) is 18.2 Å². The summed E-state index contributed by atoms with van der Waals surface area (Å²) < 4.78 is 19.6. The monoisotopic (exact) mass is 344 g/mol. The summed E-state index contributed by atoms with van der Waals surface area (Å²) in [5.41, 5.74) is 0.374. The molecule has 0 saturated heterocycles. The Hall–Kier alpha value is -1.10. The van der Waals surface area contributed by atoms with Crippen molar-refractivity contribution >= 4 is 27.5 Å². The molecule has 0 radical (unpaired) electrons. The predicted octanol–water partition coefficient (Wildman–Crippen LogP) is 5.09. The van der Waals surface area contributed by atoms with Crippen LogP contribution in [0.25, 0.3) is 0 Å². The molecule has 2 nitrogen and oxygen atoms in total. The maximum absolute atomic E-state index is 13.2. The standard InChI is InChI=1S/C14H11BrClFO2/c1-8(18)11-7-10(17)3-5-13(11)19-14-4-2-9(15)6-12(14)16/h2-8,18H,1H3/t8-/m1/s1. The van der Waals surface area contributed by atoms with E-state index in [1.54, 1.807) is 25.1 Å². The second kappa shape index (κ2) is 5.90. The summed E-state index contributed by atoms with van der Waals surface area (Å²) in [5.74, 6) is 0.393. The summed E-state index contributed by atoms with van der Waals surface area (Å²) in [6.07, 6.45) is -0.833. The number of hydrogen-bond donors (Lipinski definition) is 1. The molecule has 0 aliphatic rings. The van der Waals surface area contributed by atoms with Gasteiger partial charge in [0.15, 0.2) is 0 Å². The van der Waals surface area contributed by atoms with Crippen LogP contribution in [-0.4, -0.2) is 5.11 Å². The summed E-state index contributed by atoms with van der Waals surface area (Å²) in [6, 6.07) is 9.16. The highest BCUT2D eigenvalue weighted by molar-refractivity contribution is 9.10. The van der Waals surface area contributed by atoms with Gasteiger partial charge in [0, 0.05) is 10.0 Å². The van der Waals surface area contributed by atoms with Crippen LogP contribution in [0.5, 0.6) is 11.5 Å². The minimum Gasteiger partial charge on any atom is -0.455 e. The zero-order valence-corrected chi connectivity index (χ0v) is 12.4. The van der Waals surface area contributed by atoms with E-state index in [0.717, 1.165) is 4.47 Å². The third kappa shape index (κ3) is 3.47. The molecule has 2 aromatic rings. The average molecular weight is 346 g/mol. The molecule has 0 unspecified atom stereocenters. The molecule has 0 aliphatic carbocycles. The van der Waals surface area contributed by atoms with E-state index in [0.29, 0.717) is 22.1 Å². The first kappa shape index (κ1) is 14.3. The number of rotatable bonds is 3. The number of ether oxygens (including phenoxy) is 1. The van der Waals surface area contributed by atoms with Gasteiger partial charge in [-0.1, -0.05) is 27.5 Å². The van der Waals surface area contributed by atoms with Crippen LogP contribution < -0.4 is 4.74 Å². The van der Waals surface area contributed by atoms with Crippen LogP contribution in [0.1, 0.15) is 18.6 Å². The Bertz CT molecular complexity index is 602. The van der Waals surface area contributed by atoms with Gasteiger partial charge in [-0.05, 0) is 43.3 Å². The molecule has 1 atom stereocenters. The van der Waals surface area contributed by atoms with E-state index in [4.69, 9.17) is 16.3 Å². The van der Waals surface area contributed by atoms with Gasteiger partial charge >= 0.3 is 0 Å². The number of hydrogen-bond acceptors (Lipinski definition) is 2. The molecule has 0 aromatic heterocycles. The van der Waals surface area contributed by atoms with E-state index in [2.05, 4.69) is 15.9 Å². The number of benzene rings is 2. The largest absolute Gasteiger partial charge is 0.455 e. The van der Waals surface area contributed by atoms with Crippen LogP contribution in [0.3, 0.4) is 0 Å². The minimum atomic E-state index is -0.833. The van der Waals surface area contributed by atoms with Crippen LogP contribution in [0.15, 0.2) is 40.9 Å². The Morgan fingerprint density at radius 1 is 1.21 bits per heavy atom. The third-order valence-electron chi connectivity index (χ3n) is 2.54. The van der Waals surface area contributed by atoms with Crippen molar-refractivity contribution < 1.29 is 14.2 Å². The highest BCUT2D eigenvalue weighted by atomic mass is 79.9. The van der Waals surface area contributed by atoms with Crippen molar-refractivity contribution in [2.75, 3.05) is 0 Å². The number of halogens is 3. The lowest BCUT2D eigenvalue weighted by Gasteiger charge is -2.14. The fraction of sp³-hybridized carbons (Fsp3) is 0.143. The zero-order chi connectivity index (χ0) is 14.0. The Morgan fingerprint density at radius 3 is 2.53 bits per heavy atom. The summed E-state index contributed by atoms with van der Waals surface area (Å²) in [7, 11) is 0. The van der Waals surface area contributed by atoms with Gasteiger partial charge in [0.1, 0.15) is 17.3 Å². The second-order valence-electron chi connectivity index (χ2n) is 4.03. The summed E-state index contributed by atoms with van der Waals surface area (Å²) in [6.45, 7) is 1.55. The van der Waals surface area contributed by atoms with Crippen molar-refractivity contribution in [3.63, 3.8) is 0 Å². The van der Waals surface area contributed by atoms with E-state index < -0.39 is 11.9 Å². The van der Waals surface area contributed by atoms with Crippen molar-refractivity contribution in [3.05, 3.63) is 57.3 Å². The SMILES string of the molecule is C[C@@H](O)c1cc(F)ccc1Oc1ccc(Br)cc1Cl. The van der Waals surface area contributed by atoms with E-state index in [9.17, 15) is 9.50 Å². The first-order chi connectivity index (χ1) is 8.97. The Balaban J connectivity index is 2.38. The van der Waals surface area contributed by atoms with Gasteiger partial charge in [0.2, 0.25) is 0 Å². The van der Waals surface area contributed by atoms with Gasteiger partial charge in [-0.3, -0.25) is 0 Å². The fourth-order valence-corrected chi connectivity index (χ4v) is 2.33. The first-order valence-electron chi connectivity index (χ1n) is 5.58. The molecule has 0 bridgehead atoms. The van der Waals surface area contributed by atoms with Gasteiger partial charge in [-0.15, -0.1) is 0 Å². The molecule has 0 spiro atoms. The Morgan fingerprint density at radius 2 is 1.89 bits per heavy atom. The van der Waals surface area contributed by atoms with Crippen molar-refractivity contribution in [3.8, 4) is 11.5 Å². The highest BCUT2D eigenvalue weighted by Gasteiger charge is 2.13. The second-order valence-corrected chi connectivity index (χ2v) is 5.36. The van der Waals surface area contributed by atoms with Crippen molar-refractivity contribution in [2.45, 2.75) is 13.0 Å². The molecule has 0 heterocycles. The lowest BCUT2D eigenvalue weighted by molar-refractivity contribution is 0.195. The van der Waals surface area contributed by atoms with Gasteiger partial charge in [0.05, 0.1) is 11.1 Å². The van der Waals surface area contributed by atoms with E-state index in [1.807, 2.05) is 0 Å². The van der Waals surface area contributed by atoms with Crippen molar-refractivity contribution in [2.24, 2.45) is 0 Å². The molecular formula is C14H11BrClFO2. The molecule has 1 N–H and O–H groups in total. The molecular weight excluding hydrogens is 335 g/mol. The van der Waals surface area contributed by atoms with Crippen LogP contribution >= 0.6 is 27.5 Å². The molecule has 0 aliphatic heterocycles. The molecule has 0 fully saturated rings. The lowest BCUT2D eigenvalue weighted by atomic mass is 10.1. The average Bonchev–Trinajstić information content (AvgIpc) is 2.34. The smallest absolute Gasteiger partial charge is 0.146 e. The highest BCUT2D eigenvalue weighted by Crippen LogP contribution is 2.35. The predicted molar refractivity (Wildman–Crippen MR) is 76.3 cm³/mol. The fourth-order valence-electron chi connectivity index (χ4n) is 1.62. The molecule has 0 amide bonds. The van der Waals surface area contributed by atoms with Gasteiger partial charge in [-0.2, -0.15) is 0 Å². The topological polar surface area (TPSA) is 29.5 Å². The van der Waals surface area contributed by atoms with Gasteiger partial charge < -0.3 is 9.84 Å². The molecule has 100 valence electrons. The van der Waals surface area contributed by atoms with E-state index in [-0.39, 0.29) is 0 Å². The molecule has 0 saturated carbocycles. The molecule has 2 aromatic carbocycles. The maximum atomic E-state index is 13.2.